The molecule has 0 aliphatic rings. The zero-order valence-corrected chi connectivity index (χ0v) is 8.68. The topological polar surface area (TPSA) is 58.2 Å². The van der Waals surface area contributed by atoms with Crippen molar-refractivity contribution in [1.29, 1.82) is 0 Å². The average Bonchev–Trinajstić information content (AvgIpc) is 2.11. The molecule has 0 fully saturated rings. The quantitative estimate of drug-likeness (QED) is 0.662. The molecule has 0 aromatic rings. The Kier molecular flexibility index (Phi) is 5.11. The van der Waals surface area contributed by atoms with Gasteiger partial charge in [0.25, 0.3) is 0 Å². The third-order valence-corrected chi connectivity index (χ3v) is 2.10. The standard InChI is InChI=1S/C9H18N2O2/c1-5-6(2)8(9(13)10-4)11-7(3)12/h6,8H,5H2,1-4H3,(H,10,13)(H,11,12)/t6-,8+/m0/s1. The summed E-state index contributed by atoms with van der Waals surface area (Å²) in [5.41, 5.74) is 0. The zero-order valence-electron chi connectivity index (χ0n) is 8.68. The van der Waals surface area contributed by atoms with Gasteiger partial charge in [-0.25, -0.2) is 0 Å². The molecule has 4 nitrogen and oxygen atoms in total. The Bertz CT molecular complexity index is 192. The number of hydrogen-bond donors (Lipinski definition) is 2. The molecule has 0 rings (SSSR count). The largest absolute Gasteiger partial charge is 0.357 e. The van der Waals surface area contributed by atoms with Crippen LogP contribution in [0.3, 0.4) is 0 Å². The molecule has 0 aromatic heterocycles. The summed E-state index contributed by atoms with van der Waals surface area (Å²) in [5.74, 6) is -0.151. The molecule has 2 atom stereocenters. The van der Waals surface area contributed by atoms with Crippen LogP contribution in [0.2, 0.25) is 0 Å². The van der Waals surface area contributed by atoms with Crippen molar-refractivity contribution in [3.05, 3.63) is 0 Å². The molecular formula is C9H18N2O2. The number of nitrogens with one attached hydrogen (secondary N) is 2. The van der Waals surface area contributed by atoms with E-state index in [0.717, 1.165) is 6.42 Å². The molecule has 0 aromatic carbocycles. The monoisotopic (exact) mass is 186 g/mol. The van der Waals surface area contributed by atoms with Gasteiger partial charge in [-0.3, -0.25) is 9.59 Å². The number of rotatable bonds is 4. The van der Waals surface area contributed by atoms with Crippen LogP contribution in [0, 0.1) is 5.92 Å². The molecule has 13 heavy (non-hydrogen) atoms. The van der Waals surface area contributed by atoms with Gasteiger partial charge in [0.15, 0.2) is 0 Å². The number of amides is 2. The Balaban J connectivity index is 4.35. The van der Waals surface area contributed by atoms with Gasteiger partial charge in [-0.2, -0.15) is 0 Å². The van der Waals surface area contributed by atoms with Gasteiger partial charge >= 0.3 is 0 Å². The van der Waals surface area contributed by atoms with E-state index in [1.54, 1.807) is 7.05 Å². The van der Waals surface area contributed by atoms with Crippen LogP contribution >= 0.6 is 0 Å². The fourth-order valence-corrected chi connectivity index (χ4v) is 1.08. The van der Waals surface area contributed by atoms with Crippen LogP contribution < -0.4 is 10.6 Å². The van der Waals surface area contributed by atoms with Gasteiger partial charge in [-0.1, -0.05) is 20.3 Å². The predicted molar refractivity (Wildman–Crippen MR) is 51.1 cm³/mol. The van der Waals surface area contributed by atoms with Crippen molar-refractivity contribution in [3.8, 4) is 0 Å². The second-order valence-corrected chi connectivity index (χ2v) is 3.18. The van der Waals surface area contributed by atoms with Crippen LogP contribution in [0.25, 0.3) is 0 Å². The Hall–Kier alpha value is -1.06. The van der Waals surface area contributed by atoms with E-state index < -0.39 is 6.04 Å². The van der Waals surface area contributed by atoms with E-state index in [1.807, 2.05) is 13.8 Å². The van der Waals surface area contributed by atoms with Crippen LogP contribution in [0.5, 0.6) is 0 Å². The summed E-state index contributed by atoms with van der Waals surface area (Å²) in [6, 6.07) is -0.410. The molecule has 0 bridgehead atoms. The van der Waals surface area contributed by atoms with E-state index in [0.29, 0.717) is 0 Å². The summed E-state index contributed by atoms with van der Waals surface area (Å²) in [5, 5.41) is 5.16. The molecule has 2 N–H and O–H groups in total. The lowest BCUT2D eigenvalue weighted by Gasteiger charge is -2.21. The summed E-state index contributed by atoms with van der Waals surface area (Å²) < 4.78 is 0. The van der Waals surface area contributed by atoms with E-state index in [-0.39, 0.29) is 17.7 Å². The van der Waals surface area contributed by atoms with Gasteiger partial charge < -0.3 is 10.6 Å². The molecule has 0 heterocycles. The third kappa shape index (κ3) is 3.92. The van der Waals surface area contributed by atoms with Gasteiger partial charge in [-0.05, 0) is 5.92 Å². The zero-order chi connectivity index (χ0) is 10.4. The fraction of sp³-hybridized carbons (Fsp3) is 0.778. The summed E-state index contributed by atoms with van der Waals surface area (Å²) >= 11 is 0. The highest BCUT2D eigenvalue weighted by molar-refractivity contribution is 5.86. The van der Waals surface area contributed by atoms with Crippen molar-refractivity contribution < 1.29 is 9.59 Å². The Morgan fingerprint density at radius 3 is 2.23 bits per heavy atom. The lowest BCUT2D eigenvalue weighted by molar-refractivity contribution is -0.129. The number of likely N-dealkylation sites (N-methyl/N-ethyl adjacent to an activating group) is 1. The molecule has 4 heteroatoms. The summed E-state index contributed by atoms with van der Waals surface area (Å²) in [4.78, 5) is 22.1. The van der Waals surface area contributed by atoms with E-state index in [9.17, 15) is 9.59 Å². The Morgan fingerprint density at radius 2 is 1.92 bits per heavy atom. The molecule has 0 spiro atoms. The normalized spacial score (nSPS) is 14.5. The number of carbonyl (C=O) groups is 2. The molecule has 2 amide bonds. The number of hydrogen-bond acceptors (Lipinski definition) is 2. The third-order valence-electron chi connectivity index (χ3n) is 2.10. The van der Waals surface area contributed by atoms with Crippen molar-refractivity contribution in [2.75, 3.05) is 7.05 Å². The molecule has 0 unspecified atom stereocenters. The van der Waals surface area contributed by atoms with Crippen molar-refractivity contribution in [3.63, 3.8) is 0 Å². The maximum atomic E-state index is 11.3. The average molecular weight is 186 g/mol. The molecule has 0 saturated heterocycles. The maximum Gasteiger partial charge on any atom is 0.242 e. The Morgan fingerprint density at radius 1 is 1.38 bits per heavy atom. The minimum atomic E-state index is -0.410. The first-order valence-electron chi connectivity index (χ1n) is 4.51. The van der Waals surface area contributed by atoms with E-state index in [1.165, 1.54) is 6.92 Å². The molecule has 0 aliphatic heterocycles. The summed E-state index contributed by atoms with van der Waals surface area (Å²) in [6.07, 6.45) is 0.859. The highest BCUT2D eigenvalue weighted by Crippen LogP contribution is 2.07. The van der Waals surface area contributed by atoms with Crippen LogP contribution in [0.4, 0.5) is 0 Å². The second-order valence-electron chi connectivity index (χ2n) is 3.18. The van der Waals surface area contributed by atoms with Crippen LogP contribution in [-0.2, 0) is 9.59 Å². The van der Waals surface area contributed by atoms with E-state index in [2.05, 4.69) is 10.6 Å². The van der Waals surface area contributed by atoms with Crippen LogP contribution in [0.15, 0.2) is 0 Å². The SMILES string of the molecule is CC[C@H](C)[C@@H](NC(C)=O)C(=O)NC. The van der Waals surface area contributed by atoms with Gasteiger partial charge in [0.2, 0.25) is 11.8 Å². The highest BCUT2D eigenvalue weighted by Gasteiger charge is 2.23. The van der Waals surface area contributed by atoms with Gasteiger partial charge in [0.1, 0.15) is 6.04 Å². The first-order chi connectivity index (χ1) is 6.02. The van der Waals surface area contributed by atoms with Crippen molar-refractivity contribution >= 4 is 11.8 Å². The minimum absolute atomic E-state index is 0.135. The molecule has 76 valence electrons. The van der Waals surface area contributed by atoms with Crippen LogP contribution in [0.1, 0.15) is 27.2 Å². The predicted octanol–water partition coefficient (Wildman–Crippen LogP) is 0.283. The lowest BCUT2D eigenvalue weighted by atomic mass is 9.98. The van der Waals surface area contributed by atoms with E-state index in [4.69, 9.17) is 0 Å². The maximum absolute atomic E-state index is 11.3. The van der Waals surface area contributed by atoms with E-state index >= 15 is 0 Å². The van der Waals surface area contributed by atoms with Gasteiger partial charge in [-0.15, -0.1) is 0 Å². The molecular weight excluding hydrogens is 168 g/mol. The van der Waals surface area contributed by atoms with Gasteiger partial charge in [0, 0.05) is 14.0 Å². The highest BCUT2D eigenvalue weighted by atomic mass is 16.2. The molecule has 0 saturated carbocycles. The summed E-state index contributed by atoms with van der Waals surface area (Å²) in [6.45, 7) is 5.34. The first kappa shape index (κ1) is 11.9. The van der Waals surface area contributed by atoms with Gasteiger partial charge in [0.05, 0.1) is 0 Å². The van der Waals surface area contributed by atoms with Crippen molar-refractivity contribution in [1.82, 2.24) is 10.6 Å². The molecule has 0 radical (unpaired) electrons. The minimum Gasteiger partial charge on any atom is -0.357 e. The second kappa shape index (κ2) is 5.56. The lowest BCUT2D eigenvalue weighted by Crippen LogP contribution is -2.48. The van der Waals surface area contributed by atoms with Crippen molar-refractivity contribution in [2.24, 2.45) is 5.92 Å². The van der Waals surface area contributed by atoms with Crippen LogP contribution in [-0.4, -0.2) is 24.9 Å². The first-order valence-corrected chi connectivity index (χ1v) is 4.51. The van der Waals surface area contributed by atoms with Crippen molar-refractivity contribution in [2.45, 2.75) is 33.2 Å². The Labute approximate surface area is 79.1 Å². The molecule has 0 aliphatic carbocycles. The fourth-order valence-electron chi connectivity index (χ4n) is 1.08. The summed E-state index contributed by atoms with van der Waals surface area (Å²) in [7, 11) is 1.57. The number of carbonyl (C=O) groups excluding carboxylic acids is 2. The smallest absolute Gasteiger partial charge is 0.242 e.